The summed E-state index contributed by atoms with van der Waals surface area (Å²) < 4.78 is 127. The lowest BCUT2D eigenvalue weighted by Crippen LogP contribution is -2.73. The second kappa shape index (κ2) is 4.14. The van der Waals surface area contributed by atoms with Crippen LogP contribution < -0.4 is 0 Å². The predicted molar refractivity (Wildman–Crippen MR) is 37.4 cm³/mol. The maximum atomic E-state index is 12.9. The molecule has 0 saturated heterocycles. The minimum atomic E-state index is -6.79. The van der Waals surface area contributed by atoms with Gasteiger partial charge in [-0.1, -0.05) is 0 Å². The van der Waals surface area contributed by atoms with Crippen LogP contribution in [0.1, 0.15) is 6.92 Å². The molecule has 0 aromatic carbocycles. The lowest BCUT2D eigenvalue weighted by atomic mass is 9.89. The van der Waals surface area contributed by atoms with E-state index in [1.165, 1.54) is 0 Å². The Morgan fingerprint density at radius 3 is 1.00 bits per heavy atom. The lowest BCUT2D eigenvalue weighted by Gasteiger charge is -2.42. The van der Waals surface area contributed by atoms with Crippen molar-refractivity contribution in [3.05, 3.63) is 0 Å². The van der Waals surface area contributed by atoms with Gasteiger partial charge in [-0.15, -0.1) is 0 Å². The van der Waals surface area contributed by atoms with Gasteiger partial charge in [-0.2, -0.15) is 35.1 Å². The molecule has 0 bridgehead atoms. The topological polar surface area (TPSA) is 9.23 Å². The van der Waals surface area contributed by atoms with Crippen molar-refractivity contribution in [2.24, 2.45) is 0 Å². The largest absolute Gasteiger partial charge is 0.432 e. The average molecular weight is 296 g/mol. The molecular formula is C7H6F10O. The van der Waals surface area contributed by atoms with E-state index in [1.54, 1.807) is 0 Å². The van der Waals surface area contributed by atoms with Crippen molar-refractivity contribution in [2.45, 2.75) is 36.7 Å². The fourth-order valence-corrected chi connectivity index (χ4v) is 1.19. The van der Waals surface area contributed by atoms with Crippen LogP contribution in [0, 0.1) is 0 Å². The van der Waals surface area contributed by atoms with Crippen LogP contribution in [0.2, 0.25) is 0 Å². The molecule has 110 valence electrons. The SMILES string of the molecule is COC(C(F)(F)F)(C(F)(F)F)C(F)(F)C(C)(F)F. The first kappa shape index (κ1) is 17.3. The van der Waals surface area contributed by atoms with Gasteiger partial charge in [-0.05, 0) is 0 Å². The van der Waals surface area contributed by atoms with Crippen LogP contribution in [-0.4, -0.2) is 36.9 Å². The van der Waals surface area contributed by atoms with E-state index in [9.17, 15) is 43.9 Å². The number of hydrogen-bond donors (Lipinski definition) is 0. The Labute approximate surface area is 93.7 Å². The summed E-state index contributed by atoms with van der Waals surface area (Å²) in [6.07, 6.45) is -13.6. The van der Waals surface area contributed by atoms with E-state index in [1.807, 2.05) is 0 Å². The first-order chi connectivity index (χ1) is 7.56. The zero-order valence-corrected chi connectivity index (χ0v) is 8.69. The maximum absolute atomic E-state index is 12.9. The molecule has 0 saturated carbocycles. The van der Waals surface area contributed by atoms with Crippen molar-refractivity contribution in [3.8, 4) is 0 Å². The number of methoxy groups -OCH3 is 1. The Bertz CT molecular complexity index is 281. The third-order valence-electron chi connectivity index (χ3n) is 2.10. The molecule has 0 atom stereocenters. The highest BCUT2D eigenvalue weighted by Gasteiger charge is 2.88. The van der Waals surface area contributed by atoms with Gasteiger partial charge in [0.1, 0.15) is 0 Å². The fourth-order valence-electron chi connectivity index (χ4n) is 1.19. The number of halogens is 10. The molecule has 0 unspecified atom stereocenters. The minimum absolute atomic E-state index is 0.374. The Hall–Kier alpha value is -0.740. The van der Waals surface area contributed by atoms with Gasteiger partial charge < -0.3 is 4.74 Å². The molecule has 0 heterocycles. The monoisotopic (exact) mass is 296 g/mol. The molecule has 0 fully saturated rings. The van der Waals surface area contributed by atoms with Gasteiger partial charge in [0, 0.05) is 14.0 Å². The van der Waals surface area contributed by atoms with Crippen molar-refractivity contribution in [1.29, 1.82) is 0 Å². The third-order valence-corrected chi connectivity index (χ3v) is 2.10. The molecule has 1 nitrogen and oxygen atoms in total. The molecule has 0 spiro atoms. The highest BCUT2D eigenvalue weighted by molar-refractivity contribution is 5.10. The Morgan fingerprint density at radius 2 is 0.944 bits per heavy atom. The Morgan fingerprint density at radius 1 is 0.667 bits per heavy atom. The predicted octanol–water partition coefficient (Wildman–Crippen LogP) is 3.79. The normalized spacial score (nSPS) is 16.0. The molecule has 0 aromatic rings. The molecule has 18 heavy (non-hydrogen) atoms. The summed E-state index contributed by atoms with van der Waals surface area (Å²) in [7, 11) is -0.374. The summed E-state index contributed by atoms with van der Waals surface area (Å²) >= 11 is 0. The highest BCUT2D eigenvalue weighted by atomic mass is 19.4. The van der Waals surface area contributed by atoms with Crippen molar-refractivity contribution in [1.82, 2.24) is 0 Å². The van der Waals surface area contributed by atoms with Crippen molar-refractivity contribution < 1.29 is 48.6 Å². The van der Waals surface area contributed by atoms with Crippen LogP contribution in [0.4, 0.5) is 43.9 Å². The van der Waals surface area contributed by atoms with Gasteiger partial charge in [0.05, 0.1) is 0 Å². The van der Waals surface area contributed by atoms with E-state index in [2.05, 4.69) is 4.74 Å². The van der Waals surface area contributed by atoms with E-state index in [0.29, 0.717) is 0 Å². The molecule has 0 aromatic heterocycles. The van der Waals surface area contributed by atoms with Gasteiger partial charge in [0.2, 0.25) is 0 Å². The summed E-state index contributed by atoms with van der Waals surface area (Å²) in [5.74, 6) is -12.1. The van der Waals surface area contributed by atoms with Gasteiger partial charge in [-0.3, -0.25) is 0 Å². The molecule has 0 aliphatic heterocycles. The van der Waals surface area contributed by atoms with Crippen molar-refractivity contribution in [3.63, 3.8) is 0 Å². The van der Waals surface area contributed by atoms with Crippen LogP contribution in [-0.2, 0) is 4.74 Å². The first-order valence-corrected chi connectivity index (χ1v) is 4.00. The second-order valence-electron chi connectivity index (χ2n) is 3.34. The number of hydrogen-bond acceptors (Lipinski definition) is 1. The summed E-state index contributed by atoms with van der Waals surface area (Å²) in [6.45, 7) is -0.766. The number of rotatable bonds is 3. The van der Waals surface area contributed by atoms with Crippen molar-refractivity contribution in [2.75, 3.05) is 7.11 Å². The first-order valence-electron chi connectivity index (χ1n) is 4.00. The molecule has 0 N–H and O–H groups in total. The van der Waals surface area contributed by atoms with Crippen LogP contribution in [0.15, 0.2) is 0 Å². The molecular weight excluding hydrogens is 290 g/mol. The molecule has 0 rings (SSSR count). The summed E-state index contributed by atoms with van der Waals surface area (Å²) in [5, 5.41) is 0. The zero-order valence-electron chi connectivity index (χ0n) is 8.69. The number of ether oxygens (including phenoxy) is 1. The van der Waals surface area contributed by atoms with Crippen LogP contribution in [0.25, 0.3) is 0 Å². The fraction of sp³-hybridized carbons (Fsp3) is 1.00. The van der Waals surface area contributed by atoms with E-state index in [-0.39, 0.29) is 7.11 Å². The quantitative estimate of drug-likeness (QED) is 0.720. The zero-order chi connectivity index (χ0) is 15.2. The minimum Gasteiger partial charge on any atom is -0.357 e. The summed E-state index contributed by atoms with van der Waals surface area (Å²) in [6, 6.07) is 0. The molecule has 0 aliphatic carbocycles. The molecule has 0 aliphatic rings. The van der Waals surface area contributed by atoms with Crippen molar-refractivity contribution >= 4 is 0 Å². The molecule has 0 radical (unpaired) electrons. The highest BCUT2D eigenvalue weighted by Crippen LogP contribution is 2.58. The van der Waals surface area contributed by atoms with E-state index >= 15 is 0 Å². The van der Waals surface area contributed by atoms with Gasteiger partial charge in [0.25, 0.3) is 0 Å². The van der Waals surface area contributed by atoms with Gasteiger partial charge >= 0.3 is 29.8 Å². The van der Waals surface area contributed by atoms with Crippen LogP contribution in [0.3, 0.4) is 0 Å². The van der Waals surface area contributed by atoms with E-state index < -0.39 is 36.7 Å². The van der Waals surface area contributed by atoms with Gasteiger partial charge in [-0.25, -0.2) is 8.78 Å². The van der Waals surface area contributed by atoms with E-state index in [0.717, 1.165) is 0 Å². The lowest BCUT2D eigenvalue weighted by molar-refractivity contribution is -0.452. The smallest absolute Gasteiger partial charge is 0.357 e. The average Bonchev–Trinajstić information content (AvgIpc) is 1.96. The molecule has 11 heteroatoms. The number of alkyl halides is 10. The third kappa shape index (κ3) is 2.12. The molecule has 0 amide bonds. The van der Waals surface area contributed by atoms with Gasteiger partial charge in [0.15, 0.2) is 0 Å². The summed E-state index contributed by atoms with van der Waals surface area (Å²) in [5.41, 5.74) is -6.29. The second-order valence-corrected chi connectivity index (χ2v) is 3.34. The van der Waals surface area contributed by atoms with Crippen LogP contribution in [0.5, 0.6) is 0 Å². The Kier molecular flexibility index (Phi) is 3.97. The van der Waals surface area contributed by atoms with Crippen LogP contribution >= 0.6 is 0 Å². The standard InChI is InChI=1S/C7H6F10O/c1-3(8,9)5(10,11)4(18-2,6(12,13)14)7(15,16)17/h1-2H3. The Balaban J connectivity index is 6.27. The van der Waals surface area contributed by atoms with E-state index in [4.69, 9.17) is 0 Å². The summed E-state index contributed by atoms with van der Waals surface area (Å²) in [4.78, 5) is 0. The maximum Gasteiger partial charge on any atom is 0.432 e.